The molecule has 0 saturated heterocycles. The Kier molecular flexibility index (Phi) is 5.62. The third-order valence-corrected chi connectivity index (χ3v) is 6.54. The summed E-state index contributed by atoms with van der Waals surface area (Å²) < 4.78 is 31.1. The van der Waals surface area contributed by atoms with E-state index in [2.05, 4.69) is 0 Å². The zero-order chi connectivity index (χ0) is 20.5. The summed E-state index contributed by atoms with van der Waals surface area (Å²) >= 11 is 5.85. The van der Waals surface area contributed by atoms with Crippen molar-refractivity contribution in [3.63, 3.8) is 0 Å². The molecular weight excluding hydrogens is 404 g/mol. The molecule has 0 atom stereocenters. The number of anilines is 1. The number of nitrogens with zero attached hydrogens (tertiary/aromatic N) is 1. The molecule has 9 heteroatoms. The Morgan fingerprint density at radius 3 is 2.64 bits per heavy atom. The molecule has 1 heterocycles. The van der Waals surface area contributed by atoms with E-state index in [0.29, 0.717) is 29.2 Å². The summed E-state index contributed by atoms with van der Waals surface area (Å²) in [7, 11) is -3.34. The molecule has 1 aliphatic rings. The van der Waals surface area contributed by atoms with Crippen molar-refractivity contribution in [2.75, 3.05) is 23.2 Å². The molecule has 28 heavy (non-hydrogen) atoms. The van der Waals surface area contributed by atoms with Gasteiger partial charge in [0.05, 0.1) is 17.0 Å². The molecule has 0 spiro atoms. The first kappa shape index (κ1) is 20.2. The van der Waals surface area contributed by atoms with Crippen molar-refractivity contribution < 1.29 is 22.7 Å². The van der Waals surface area contributed by atoms with Gasteiger partial charge in [-0.25, -0.2) is 8.42 Å². The topological polar surface area (TPSA) is 107 Å². The number of amides is 1. The van der Waals surface area contributed by atoms with Gasteiger partial charge in [-0.3, -0.25) is 13.9 Å². The highest BCUT2D eigenvalue weighted by Gasteiger charge is 2.28. The van der Waals surface area contributed by atoms with Gasteiger partial charge in [0.1, 0.15) is 5.75 Å². The molecule has 148 valence electrons. The van der Waals surface area contributed by atoms with Gasteiger partial charge >= 0.3 is 0 Å². The van der Waals surface area contributed by atoms with Crippen LogP contribution in [0.5, 0.6) is 5.75 Å². The minimum Gasteiger partial charge on any atom is -0.485 e. The SMILES string of the molecule is CCS(=O)(=O)N1CCc2cc(C(=O)COc3ccc(Cl)cc3C(N)=O)ccc21. The maximum absolute atomic E-state index is 12.5. The Labute approximate surface area is 168 Å². The van der Waals surface area contributed by atoms with E-state index in [9.17, 15) is 18.0 Å². The van der Waals surface area contributed by atoms with Crippen molar-refractivity contribution in [1.29, 1.82) is 0 Å². The van der Waals surface area contributed by atoms with Crippen molar-refractivity contribution in [3.05, 3.63) is 58.1 Å². The average Bonchev–Trinajstić information content (AvgIpc) is 3.10. The van der Waals surface area contributed by atoms with Crippen LogP contribution in [-0.4, -0.2) is 39.0 Å². The van der Waals surface area contributed by atoms with E-state index in [0.717, 1.165) is 5.56 Å². The van der Waals surface area contributed by atoms with Crippen LogP contribution < -0.4 is 14.8 Å². The maximum atomic E-state index is 12.5. The zero-order valence-electron chi connectivity index (χ0n) is 15.1. The summed E-state index contributed by atoms with van der Waals surface area (Å²) in [6, 6.07) is 9.29. The zero-order valence-corrected chi connectivity index (χ0v) is 16.7. The summed E-state index contributed by atoms with van der Waals surface area (Å²) in [6.07, 6.45) is 0.541. The minimum absolute atomic E-state index is 0.0181. The van der Waals surface area contributed by atoms with Crippen LogP contribution in [0.4, 0.5) is 5.69 Å². The van der Waals surface area contributed by atoms with E-state index in [-0.39, 0.29) is 29.5 Å². The molecule has 3 rings (SSSR count). The number of halogens is 1. The fourth-order valence-corrected chi connectivity index (χ4v) is 4.37. The molecule has 0 unspecified atom stereocenters. The molecule has 0 saturated carbocycles. The first-order valence-corrected chi connectivity index (χ1v) is 10.6. The Bertz CT molecular complexity index is 1050. The molecule has 7 nitrogen and oxygen atoms in total. The van der Waals surface area contributed by atoms with Crippen LogP contribution in [0.25, 0.3) is 0 Å². The van der Waals surface area contributed by atoms with Crippen LogP contribution in [-0.2, 0) is 16.4 Å². The smallest absolute Gasteiger partial charge is 0.252 e. The fourth-order valence-electron chi connectivity index (χ4n) is 3.04. The molecule has 1 aliphatic heterocycles. The van der Waals surface area contributed by atoms with Crippen LogP contribution >= 0.6 is 11.6 Å². The Morgan fingerprint density at radius 2 is 1.96 bits per heavy atom. The van der Waals surface area contributed by atoms with Gasteiger partial charge in [0.15, 0.2) is 12.4 Å². The van der Waals surface area contributed by atoms with E-state index >= 15 is 0 Å². The minimum atomic E-state index is -3.34. The monoisotopic (exact) mass is 422 g/mol. The number of primary amides is 1. The number of fused-ring (bicyclic) bond motifs is 1. The Balaban J connectivity index is 1.76. The lowest BCUT2D eigenvalue weighted by Crippen LogP contribution is -2.30. The molecule has 2 N–H and O–H groups in total. The van der Waals surface area contributed by atoms with Gasteiger partial charge in [0.25, 0.3) is 5.91 Å². The lowest BCUT2D eigenvalue weighted by Gasteiger charge is -2.18. The predicted octanol–water partition coefficient (Wildman–Crippen LogP) is 2.41. The number of ether oxygens (including phenoxy) is 1. The normalized spacial score (nSPS) is 13.3. The van der Waals surface area contributed by atoms with Crippen molar-refractivity contribution in [2.24, 2.45) is 5.73 Å². The lowest BCUT2D eigenvalue weighted by atomic mass is 10.1. The number of benzene rings is 2. The van der Waals surface area contributed by atoms with Crippen LogP contribution in [0, 0.1) is 0 Å². The lowest BCUT2D eigenvalue weighted by molar-refractivity contribution is 0.0912. The number of Topliss-reactive ketones (excluding diaryl/α,β-unsaturated/α-hetero) is 1. The number of carbonyl (C=O) groups is 2. The summed E-state index contributed by atoms with van der Waals surface area (Å²) in [5.74, 6) is -0.819. The quantitative estimate of drug-likeness (QED) is 0.689. The molecular formula is C19H19ClN2O5S. The Morgan fingerprint density at radius 1 is 1.21 bits per heavy atom. The first-order valence-electron chi connectivity index (χ1n) is 8.61. The molecule has 0 aromatic heterocycles. The molecule has 0 bridgehead atoms. The Hall–Kier alpha value is -2.58. The predicted molar refractivity (Wildman–Crippen MR) is 107 cm³/mol. The molecule has 0 radical (unpaired) electrons. The highest BCUT2D eigenvalue weighted by atomic mass is 35.5. The fraction of sp³-hybridized carbons (Fsp3) is 0.263. The van der Waals surface area contributed by atoms with Crippen molar-refractivity contribution in [2.45, 2.75) is 13.3 Å². The van der Waals surface area contributed by atoms with E-state index in [1.54, 1.807) is 25.1 Å². The van der Waals surface area contributed by atoms with Gasteiger partial charge in [0.2, 0.25) is 10.0 Å². The molecule has 2 aromatic carbocycles. The number of hydrogen-bond acceptors (Lipinski definition) is 5. The first-order chi connectivity index (χ1) is 13.2. The second-order valence-electron chi connectivity index (χ2n) is 6.28. The number of ketones is 1. The molecule has 0 aliphatic carbocycles. The number of carbonyl (C=O) groups excluding carboxylic acids is 2. The standard InChI is InChI=1S/C19H19ClN2O5S/c1-2-28(25,26)22-8-7-12-9-13(3-5-16(12)22)17(23)11-27-18-6-4-14(20)10-15(18)19(21)24/h3-6,9-10H,2,7-8,11H2,1H3,(H2,21,24). The maximum Gasteiger partial charge on any atom is 0.252 e. The number of hydrogen-bond donors (Lipinski definition) is 1. The summed E-state index contributed by atoms with van der Waals surface area (Å²) in [4.78, 5) is 24.0. The van der Waals surface area contributed by atoms with Crippen LogP contribution in [0.3, 0.4) is 0 Å². The van der Waals surface area contributed by atoms with Crippen molar-refractivity contribution >= 4 is 39.0 Å². The number of rotatable bonds is 7. The van der Waals surface area contributed by atoms with Crippen molar-refractivity contribution in [1.82, 2.24) is 0 Å². The van der Waals surface area contributed by atoms with Crippen LogP contribution in [0.1, 0.15) is 33.2 Å². The number of sulfonamides is 1. The van der Waals surface area contributed by atoms with Crippen molar-refractivity contribution in [3.8, 4) is 5.75 Å². The summed E-state index contributed by atoms with van der Waals surface area (Å²) in [5, 5.41) is 0.331. The molecule has 1 amide bonds. The third-order valence-electron chi connectivity index (χ3n) is 4.52. The largest absolute Gasteiger partial charge is 0.485 e. The molecule has 2 aromatic rings. The summed E-state index contributed by atoms with van der Waals surface area (Å²) in [6.45, 7) is 1.67. The second-order valence-corrected chi connectivity index (χ2v) is 8.90. The number of nitrogens with two attached hydrogens (primary N) is 1. The van der Waals surface area contributed by atoms with Gasteiger partial charge < -0.3 is 10.5 Å². The van der Waals surface area contributed by atoms with Gasteiger partial charge in [-0.05, 0) is 55.3 Å². The highest BCUT2D eigenvalue weighted by molar-refractivity contribution is 7.92. The van der Waals surface area contributed by atoms with E-state index in [1.807, 2.05) is 0 Å². The van der Waals surface area contributed by atoms with E-state index in [1.165, 1.54) is 22.5 Å². The van der Waals surface area contributed by atoms with E-state index in [4.69, 9.17) is 22.1 Å². The van der Waals surface area contributed by atoms with Gasteiger partial charge in [0, 0.05) is 17.1 Å². The van der Waals surface area contributed by atoms with Gasteiger partial charge in [-0.15, -0.1) is 0 Å². The van der Waals surface area contributed by atoms with Gasteiger partial charge in [-0.1, -0.05) is 11.6 Å². The highest BCUT2D eigenvalue weighted by Crippen LogP contribution is 2.31. The van der Waals surface area contributed by atoms with Gasteiger partial charge in [-0.2, -0.15) is 0 Å². The average molecular weight is 423 g/mol. The van der Waals surface area contributed by atoms with Crippen LogP contribution in [0.2, 0.25) is 5.02 Å². The molecule has 0 fully saturated rings. The van der Waals surface area contributed by atoms with Crippen LogP contribution in [0.15, 0.2) is 36.4 Å². The van der Waals surface area contributed by atoms with E-state index < -0.39 is 15.9 Å². The third kappa shape index (κ3) is 3.98. The summed E-state index contributed by atoms with van der Waals surface area (Å²) in [5.41, 5.74) is 7.21. The second kappa shape index (κ2) is 7.81.